The van der Waals surface area contributed by atoms with Crippen molar-refractivity contribution in [3.63, 3.8) is 0 Å². The average Bonchev–Trinajstić information content (AvgIpc) is 3.14. The van der Waals surface area contributed by atoms with Gasteiger partial charge in [-0.2, -0.15) is 0 Å². The molecular weight excluding hydrogens is 342 g/mol. The number of rotatable bonds is 2. The van der Waals surface area contributed by atoms with Gasteiger partial charge >= 0.3 is 0 Å². The van der Waals surface area contributed by atoms with E-state index in [-0.39, 0.29) is 0 Å². The Hall–Kier alpha value is -3.83. The fourth-order valence-electron chi connectivity index (χ4n) is 3.79. The van der Waals surface area contributed by atoms with Crippen molar-refractivity contribution in [1.82, 2.24) is 0 Å². The van der Waals surface area contributed by atoms with E-state index in [0.29, 0.717) is 17.3 Å². The Bertz CT molecular complexity index is 1420. The molecule has 1 heterocycles. The fraction of sp³-hybridized carbons (Fsp3) is 0.0385. The van der Waals surface area contributed by atoms with E-state index in [2.05, 4.69) is 4.85 Å². The maximum atomic E-state index is 7.93. The molecule has 0 fully saturated rings. The number of furan rings is 1. The normalized spacial score (nSPS) is 11.5. The molecule has 5 aromatic rings. The number of hydrogen-bond donors (Lipinski definition) is 0. The SMILES string of the molecule is [2H]c1ccc(-c2cccc3c2oc2c([N+]#[C-])c(-c4ccccc4)ccc23)cc1C. The van der Waals surface area contributed by atoms with Gasteiger partial charge in [-0.1, -0.05) is 90.5 Å². The van der Waals surface area contributed by atoms with Crippen LogP contribution in [0.25, 0.3) is 49.0 Å². The Kier molecular flexibility index (Phi) is 3.49. The average molecular weight is 360 g/mol. The summed E-state index contributed by atoms with van der Waals surface area (Å²) >= 11 is 0. The van der Waals surface area contributed by atoms with Crippen LogP contribution in [0.2, 0.25) is 0 Å². The molecule has 2 nitrogen and oxygen atoms in total. The van der Waals surface area contributed by atoms with E-state index in [1.54, 1.807) is 0 Å². The summed E-state index contributed by atoms with van der Waals surface area (Å²) in [4.78, 5) is 3.83. The van der Waals surface area contributed by atoms with Crippen LogP contribution in [0.3, 0.4) is 0 Å². The molecule has 0 aliphatic heterocycles. The van der Waals surface area contributed by atoms with Crippen molar-refractivity contribution >= 4 is 27.6 Å². The third-order valence-electron chi connectivity index (χ3n) is 5.09. The second-order valence-corrected chi connectivity index (χ2v) is 6.86. The van der Waals surface area contributed by atoms with Crippen molar-refractivity contribution in [1.29, 1.82) is 0 Å². The fourth-order valence-corrected chi connectivity index (χ4v) is 3.79. The van der Waals surface area contributed by atoms with Crippen molar-refractivity contribution in [2.75, 3.05) is 0 Å². The van der Waals surface area contributed by atoms with Gasteiger partial charge in [0.1, 0.15) is 11.2 Å². The van der Waals surface area contributed by atoms with Crippen molar-refractivity contribution in [3.05, 3.63) is 102 Å². The van der Waals surface area contributed by atoms with Crippen LogP contribution >= 0.6 is 0 Å². The highest BCUT2D eigenvalue weighted by molar-refractivity contribution is 6.14. The smallest absolute Gasteiger partial charge is 0.237 e. The van der Waals surface area contributed by atoms with Gasteiger partial charge in [-0.05, 0) is 23.6 Å². The number of nitrogens with zero attached hydrogens (tertiary/aromatic N) is 1. The summed E-state index contributed by atoms with van der Waals surface area (Å²) in [5.74, 6) is 0. The summed E-state index contributed by atoms with van der Waals surface area (Å²) in [5, 5.41) is 1.94. The molecule has 5 rings (SSSR count). The predicted molar refractivity (Wildman–Crippen MR) is 116 cm³/mol. The molecule has 0 spiro atoms. The summed E-state index contributed by atoms with van der Waals surface area (Å²) in [6.45, 7) is 9.74. The third kappa shape index (κ3) is 2.49. The molecule has 0 aliphatic carbocycles. The van der Waals surface area contributed by atoms with Crippen LogP contribution in [0.1, 0.15) is 6.93 Å². The molecule has 4 aromatic carbocycles. The van der Waals surface area contributed by atoms with Crippen LogP contribution in [0, 0.1) is 13.5 Å². The zero-order chi connectivity index (χ0) is 20.0. The molecule has 0 saturated carbocycles. The van der Waals surface area contributed by atoms with E-state index in [1.807, 2.05) is 85.8 Å². The lowest BCUT2D eigenvalue weighted by molar-refractivity contribution is 0.672. The van der Waals surface area contributed by atoms with E-state index in [9.17, 15) is 0 Å². The number of aryl methyl sites for hydroxylation is 1. The van der Waals surface area contributed by atoms with Crippen LogP contribution in [0.4, 0.5) is 5.69 Å². The quantitative estimate of drug-likeness (QED) is 0.294. The third-order valence-corrected chi connectivity index (χ3v) is 5.09. The molecule has 0 saturated heterocycles. The van der Waals surface area contributed by atoms with Crippen molar-refractivity contribution in [2.24, 2.45) is 0 Å². The molecule has 0 unspecified atom stereocenters. The molecule has 28 heavy (non-hydrogen) atoms. The topological polar surface area (TPSA) is 17.5 Å². The van der Waals surface area contributed by atoms with Crippen LogP contribution in [-0.2, 0) is 0 Å². The Morgan fingerprint density at radius 2 is 1.57 bits per heavy atom. The van der Waals surface area contributed by atoms with Gasteiger partial charge in [0.2, 0.25) is 5.69 Å². The monoisotopic (exact) mass is 360 g/mol. The Morgan fingerprint density at radius 3 is 2.36 bits per heavy atom. The van der Waals surface area contributed by atoms with E-state index in [1.165, 1.54) is 0 Å². The second-order valence-electron chi connectivity index (χ2n) is 6.86. The van der Waals surface area contributed by atoms with Crippen LogP contribution < -0.4 is 0 Å². The van der Waals surface area contributed by atoms with Crippen molar-refractivity contribution in [3.8, 4) is 22.3 Å². The highest BCUT2D eigenvalue weighted by Crippen LogP contribution is 2.43. The van der Waals surface area contributed by atoms with E-state index >= 15 is 0 Å². The lowest BCUT2D eigenvalue weighted by Crippen LogP contribution is -1.80. The molecule has 0 bridgehead atoms. The van der Waals surface area contributed by atoms with Crippen molar-refractivity contribution < 1.29 is 5.79 Å². The van der Waals surface area contributed by atoms with Crippen LogP contribution in [-0.4, -0.2) is 0 Å². The number of para-hydroxylation sites is 1. The minimum Gasteiger partial charge on any atom is -0.466 e. The Morgan fingerprint density at radius 1 is 0.786 bits per heavy atom. The first-order chi connectivity index (χ1) is 14.2. The molecule has 0 N–H and O–H groups in total. The maximum Gasteiger partial charge on any atom is 0.237 e. The lowest BCUT2D eigenvalue weighted by atomic mass is 9.99. The van der Waals surface area contributed by atoms with Crippen LogP contribution in [0.5, 0.6) is 0 Å². The van der Waals surface area contributed by atoms with Gasteiger partial charge in [0.05, 0.1) is 7.94 Å². The largest absolute Gasteiger partial charge is 0.466 e. The van der Waals surface area contributed by atoms with Gasteiger partial charge < -0.3 is 4.42 Å². The van der Waals surface area contributed by atoms with E-state index < -0.39 is 0 Å². The lowest BCUT2D eigenvalue weighted by Gasteiger charge is -2.04. The summed E-state index contributed by atoms with van der Waals surface area (Å²) in [6, 6.07) is 26.3. The Balaban J connectivity index is 1.82. The molecule has 0 amide bonds. The number of hydrogen-bond acceptors (Lipinski definition) is 1. The van der Waals surface area contributed by atoms with Crippen LogP contribution in [0.15, 0.2) is 89.3 Å². The highest BCUT2D eigenvalue weighted by atomic mass is 16.3. The molecule has 0 radical (unpaired) electrons. The van der Waals surface area contributed by atoms with Gasteiger partial charge in [0.15, 0.2) is 0 Å². The maximum absolute atomic E-state index is 7.93. The zero-order valence-electron chi connectivity index (χ0n) is 16.4. The van der Waals surface area contributed by atoms with Gasteiger partial charge in [-0.3, -0.25) is 0 Å². The molecule has 0 atom stereocenters. The summed E-state index contributed by atoms with van der Waals surface area (Å²) in [5.41, 5.74) is 6.71. The number of fused-ring (bicyclic) bond motifs is 3. The summed E-state index contributed by atoms with van der Waals surface area (Å²) in [6.07, 6.45) is 0. The summed E-state index contributed by atoms with van der Waals surface area (Å²) < 4.78 is 14.3. The molecular formula is C26H17NO. The second kappa shape index (κ2) is 6.40. The van der Waals surface area contributed by atoms with Gasteiger partial charge in [0.25, 0.3) is 0 Å². The molecule has 0 aliphatic rings. The standard InChI is InChI=1S/C26H17NO/c1-17-8-6-11-19(16-17)21-12-7-13-22-23-15-14-20(18-9-4-3-5-10-18)24(27-2)26(23)28-25(21)22/h3-16H,1H3/i8D. The predicted octanol–water partition coefficient (Wildman–Crippen LogP) is 7.78. The van der Waals surface area contributed by atoms with E-state index in [4.69, 9.17) is 12.4 Å². The molecule has 2 heteroatoms. The minimum atomic E-state index is 0.522. The van der Waals surface area contributed by atoms with Gasteiger partial charge in [-0.25, -0.2) is 4.85 Å². The first-order valence-corrected chi connectivity index (χ1v) is 9.16. The zero-order valence-corrected chi connectivity index (χ0v) is 15.4. The van der Waals surface area contributed by atoms with Crippen molar-refractivity contribution in [2.45, 2.75) is 6.92 Å². The number of benzene rings is 4. The summed E-state index contributed by atoms with van der Waals surface area (Å²) in [7, 11) is 0. The molecule has 132 valence electrons. The Labute approximate surface area is 164 Å². The van der Waals surface area contributed by atoms with E-state index in [0.717, 1.165) is 44.2 Å². The first-order valence-electron chi connectivity index (χ1n) is 9.66. The highest BCUT2D eigenvalue weighted by Gasteiger charge is 2.18. The molecule has 1 aromatic heterocycles. The minimum absolute atomic E-state index is 0.522. The van der Waals surface area contributed by atoms with Gasteiger partial charge in [0, 0.05) is 16.3 Å². The van der Waals surface area contributed by atoms with Gasteiger partial charge in [-0.15, -0.1) is 0 Å². The first kappa shape index (κ1) is 15.2.